The van der Waals surface area contributed by atoms with E-state index in [0.29, 0.717) is 10.8 Å². The molecule has 2 saturated carbocycles. The summed E-state index contributed by atoms with van der Waals surface area (Å²) in [6, 6.07) is 2.47. The zero-order valence-corrected chi connectivity index (χ0v) is 21.8. The molecule has 2 aliphatic rings. The van der Waals surface area contributed by atoms with Gasteiger partial charge in [-0.3, -0.25) is 0 Å². The van der Waals surface area contributed by atoms with E-state index in [1.165, 1.54) is 51.4 Å². The van der Waals surface area contributed by atoms with Crippen LogP contribution in [0.5, 0.6) is 0 Å². The maximum absolute atomic E-state index is 9.31. The first kappa shape index (κ1) is 26.2. The fourth-order valence-corrected chi connectivity index (χ4v) is 6.79. The Morgan fingerprint density at radius 1 is 1.19 bits per heavy atom. The molecule has 0 aromatic rings. The fourth-order valence-electron chi connectivity index (χ4n) is 6.79. The monoisotopic (exact) mass is 425 g/mol. The molecule has 0 spiro atoms. The molecule has 0 radical (unpaired) electrons. The molecule has 0 bridgehead atoms. The zero-order chi connectivity index (χ0) is 23.2. The summed E-state index contributed by atoms with van der Waals surface area (Å²) >= 11 is 0. The van der Waals surface area contributed by atoms with Gasteiger partial charge in [0.05, 0.1) is 6.07 Å². The van der Waals surface area contributed by atoms with E-state index in [4.69, 9.17) is 0 Å². The first-order valence-electron chi connectivity index (χ1n) is 13.3. The molecule has 7 atom stereocenters. The van der Waals surface area contributed by atoms with Crippen molar-refractivity contribution in [3.05, 3.63) is 24.3 Å². The van der Waals surface area contributed by atoms with Crippen molar-refractivity contribution in [1.82, 2.24) is 0 Å². The third-order valence-electron chi connectivity index (χ3n) is 8.66. The Bertz CT molecular complexity index is 644. The lowest BCUT2D eigenvalue weighted by Crippen LogP contribution is -2.26. The number of allylic oxidation sites excluding steroid dienone is 3. The summed E-state index contributed by atoms with van der Waals surface area (Å²) in [5.74, 6) is 4.29. The summed E-state index contributed by atoms with van der Waals surface area (Å²) in [6.45, 7) is 20.5. The van der Waals surface area contributed by atoms with Gasteiger partial charge in [-0.05, 0) is 105 Å². The molecular weight excluding hydrogens is 374 g/mol. The average molecular weight is 426 g/mol. The van der Waals surface area contributed by atoms with Crippen molar-refractivity contribution in [1.29, 1.82) is 5.26 Å². The molecule has 2 fully saturated rings. The first-order chi connectivity index (χ1) is 14.6. The van der Waals surface area contributed by atoms with Crippen LogP contribution in [0.25, 0.3) is 0 Å². The standard InChI is InChI=1S/C30H51N/c1-9-11-13-22(3)18-25(14-12-17-29(6,7)8)27-19-24(5)28-20-30(27,28)26(10-2)16-15-23(4)21-31/h9,14,22-24,26-28H,1,10-13,15-20H2,2-8H3/b25-14+. The molecule has 0 aromatic carbocycles. The largest absolute Gasteiger partial charge is 0.198 e. The molecule has 1 nitrogen and oxygen atoms in total. The van der Waals surface area contributed by atoms with Crippen molar-refractivity contribution in [3.8, 4) is 6.07 Å². The van der Waals surface area contributed by atoms with Gasteiger partial charge in [-0.2, -0.15) is 5.26 Å². The van der Waals surface area contributed by atoms with Crippen LogP contribution >= 0.6 is 0 Å². The Kier molecular flexibility index (Phi) is 9.48. The lowest BCUT2D eigenvalue weighted by Gasteiger charge is -2.35. The maximum atomic E-state index is 9.31. The fraction of sp³-hybridized carbons (Fsp3) is 0.833. The summed E-state index contributed by atoms with van der Waals surface area (Å²) < 4.78 is 0. The minimum absolute atomic E-state index is 0.195. The van der Waals surface area contributed by atoms with E-state index in [1.807, 2.05) is 0 Å². The van der Waals surface area contributed by atoms with Crippen LogP contribution in [0, 0.1) is 57.7 Å². The molecule has 2 aliphatic carbocycles. The van der Waals surface area contributed by atoms with Crippen LogP contribution in [0.4, 0.5) is 0 Å². The van der Waals surface area contributed by atoms with E-state index in [0.717, 1.165) is 42.4 Å². The molecule has 0 saturated heterocycles. The van der Waals surface area contributed by atoms with Crippen LogP contribution in [0.3, 0.4) is 0 Å². The Labute approximate surface area is 194 Å². The van der Waals surface area contributed by atoms with Gasteiger partial charge >= 0.3 is 0 Å². The summed E-state index contributed by atoms with van der Waals surface area (Å²) in [5.41, 5.74) is 2.73. The normalized spacial score (nSPS) is 30.9. The van der Waals surface area contributed by atoms with Crippen molar-refractivity contribution in [2.45, 2.75) is 113 Å². The molecule has 0 heterocycles. The van der Waals surface area contributed by atoms with Crippen molar-refractivity contribution >= 4 is 0 Å². The molecular formula is C30H51N. The van der Waals surface area contributed by atoms with Gasteiger partial charge in [0.1, 0.15) is 0 Å². The number of fused-ring (bicyclic) bond motifs is 1. The van der Waals surface area contributed by atoms with Gasteiger partial charge in [-0.25, -0.2) is 0 Å². The lowest BCUT2D eigenvalue weighted by atomic mass is 9.70. The van der Waals surface area contributed by atoms with E-state index >= 15 is 0 Å². The van der Waals surface area contributed by atoms with E-state index in [2.05, 4.69) is 73.3 Å². The molecule has 7 unspecified atom stereocenters. The van der Waals surface area contributed by atoms with E-state index in [-0.39, 0.29) is 5.92 Å². The van der Waals surface area contributed by atoms with Crippen molar-refractivity contribution in [2.24, 2.45) is 46.3 Å². The second kappa shape index (κ2) is 11.2. The molecule has 176 valence electrons. The maximum Gasteiger partial charge on any atom is 0.0652 e. The predicted molar refractivity (Wildman–Crippen MR) is 136 cm³/mol. The van der Waals surface area contributed by atoms with Gasteiger partial charge < -0.3 is 0 Å². The van der Waals surface area contributed by atoms with Crippen LogP contribution in [0.2, 0.25) is 0 Å². The third-order valence-corrected chi connectivity index (χ3v) is 8.66. The van der Waals surface area contributed by atoms with E-state index in [9.17, 15) is 5.26 Å². The molecule has 0 aromatic heterocycles. The van der Waals surface area contributed by atoms with Crippen LogP contribution in [-0.4, -0.2) is 0 Å². The molecule has 0 N–H and O–H groups in total. The van der Waals surface area contributed by atoms with Crippen LogP contribution in [0.1, 0.15) is 113 Å². The van der Waals surface area contributed by atoms with Crippen molar-refractivity contribution < 1.29 is 0 Å². The van der Waals surface area contributed by atoms with Crippen molar-refractivity contribution in [2.75, 3.05) is 0 Å². The average Bonchev–Trinajstić information content (AvgIpc) is 3.39. The van der Waals surface area contributed by atoms with Gasteiger partial charge in [0, 0.05) is 5.92 Å². The van der Waals surface area contributed by atoms with Crippen LogP contribution in [-0.2, 0) is 0 Å². The summed E-state index contributed by atoms with van der Waals surface area (Å²) in [5, 5.41) is 9.31. The molecule has 31 heavy (non-hydrogen) atoms. The first-order valence-corrected chi connectivity index (χ1v) is 13.3. The quantitative estimate of drug-likeness (QED) is 0.270. The van der Waals surface area contributed by atoms with Gasteiger partial charge in [-0.15, -0.1) is 6.58 Å². The van der Waals surface area contributed by atoms with E-state index in [1.54, 1.807) is 5.57 Å². The van der Waals surface area contributed by atoms with Gasteiger partial charge in [0.15, 0.2) is 0 Å². The van der Waals surface area contributed by atoms with Crippen LogP contribution < -0.4 is 0 Å². The third kappa shape index (κ3) is 6.73. The summed E-state index contributed by atoms with van der Waals surface area (Å²) in [7, 11) is 0. The minimum atomic E-state index is 0.195. The Balaban J connectivity index is 2.25. The molecule has 0 aliphatic heterocycles. The van der Waals surface area contributed by atoms with Crippen LogP contribution in [0.15, 0.2) is 24.3 Å². The summed E-state index contributed by atoms with van der Waals surface area (Å²) in [4.78, 5) is 0. The highest BCUT2D eigenvalue weighted by Crippen LogP contribution is 2.75. The zero-order valence-electron chi connectivity index (χ0n) is 21.8. The molecule has 2 rings (SSSR count). The molecule has 0 amide bonds. The highest BCUT2D eigenvalue weighted by atomic mass is 14.7. The topological polar surface area (TPSA) is 23.8 Å². The van der Waals surface area contributed by atoms with E-state index < -0.39 is 0 Å². The Hall–Kier alpha value is -1.03. The number of rotatable bonds is 13. The Morgan fingerprint density at radius 3 is 2.45 bits per heavy atom. The van der Waals surface area contributed by atoms with Gasteiger partial charge in [-0.1, -0.05) is 65.7 Å². The minimum Gasteiger partial charge on any atom is -0.198 e. The number of hydrogen-bond donors (Lipinski definition) is 0. The number of nitriles is 1. The number of nitrogens with zero attached hydrogens (tertiary/aromatic N) is 1. The SMILES string of the molecule is C=CCCC(C)C/C(=C\CCC(C)(C)C)C1CC(C)C2CC12C(CC)CCC(C)C#N. The second-order valence-electron chi connectivity index (χ2n) is 12.5. The lowest BCUT2D eigenvalue weighted by molar-refractivity contribution is 0.201. The van der Waals surface area contributed by atoms with Gasteiger partial charge in [0.2, 0.25) is 0 Å². The van der Waals surface area contributed by atoms with Gasteiger partial charge in [0.25, 0.3) is 0 Å². The molecule has 1 heteroatoms. The second-order valence-corrected chi connectivity index (χ2v) is 12.5. The number of hydrogen-bond acceptors (Lipinski definition) is 1. The summed E-state index contributed by atoms with van der Waals surface area (Å²) in [6.07, 6.45) is 17.3. The highest BCUT2D eigenvalue weighted by molar-refractivity contribution is 5.26. The smallest absolute Gasteiger partial charge is 0.0652 e. The Morgan fingerprint density at radius 2 is 1.90 bits per heavy atom. The highest BCUT2D eigenvalue weighted by Gasteiger charge is 2.68. The predicted octanol–water partition coefficient (Wildman–Crippen LogP) is 9.36. The van der Waals surface area contributed by atoms with Crippen molar-refractivity contribution in [3.63, 3.8) is 0 Å².